The van der Waals surface area contributed by atoms with Gasteiger partial charge in [0.05, 0.1) is 29.3 Å². The van der Waals surface area contributed by atoms with Crippen LogP contribution in [-0.2, 0) is 4.79 Å². The van der Waals surface area contributed by atoms with Crippen molar-refractivity contribution < 1.29 is 14.6 Å². The molecule has 0 spiro atoms. The highest BCUT2D eigenvalue weighted by Gasteiger charge is 2.35. The molecule has 6 nitrogen and oxygen atoms in total. The van der Waals surface area contributed by atoms with Gasteiger partial charge in [-0.2, -0.15) is 0 Å². The van der Waals surface area contributed by atoms with E-state index in [1.54, 1.807) is 11.9 Å². The minimum Gasteiger partial charge on any atom is -0.491 e. The lowest BCUT2D eigenvalue weighted by atomic mass is 9.89. The number of benzene rings is 2. The van der Waals surface area contributed by atoms with Gasteiger partial charge >= 0.3 is 5.97 Å². The van der Waals surface area contributed by atoms with Crippen LogP contribution in [0.1, 0.15) is 46.0 Å². The number of para-hydroxylation sites is 1. The number of unbranched alkanes of at least 4 members (excludes halogenated alkanes) is 1. The highest BCUT2D eigenvalue weighted by molar-refractivity contribution is 7.97. The van der Waals surface area contributed by atoms with Crippen LogP contribution in [0, 0.1) is 0 Å². The van der Waals surface area contributed by atoms with Gasteiger partial charge in [-0.05, 0) is 49.1 Å². The van der Waals surface area contributed by atoms with Gasteiger partial charge in [0.2, 0.25) is 0 Å². The summed E-state index contributed by atoms with van der Waals surface area (Å²) in [7, 11) is 3.97. The van der Waals surface area contributed by atoms with E-state index in [9.17, 15) is 4.79 Å². The number of rotatable bonds is 10. The zero-order valence-electron chi connectivity index (χ0n) is 19.6. The quantitative estimate of drug-likeness (QED) is 0.444. The fourth-order valence-corrected chi connectivity index (χ4v) is 5.05. The Morgan fingerprint density at radius 3 is 2.62 bits per heavy atom. The fourth-order valence-electron chi connectivity index (χ4n) is 3.97. The molecule has 7 heteroatoms. The van der Waals surface area contributed by atoms with E-state index in [0.717, 1.165) is 41.3 Å². The fraction of sp³-hybridized carbons (Fsp3) is 0.480. The Labute approximate surface area is 196 Å². The minimum absolute atomic E-state index is 0.0157. The third-order valence-corrected chi connectivity index (χ3v) is 7.06. The van der Waals surface area contributed by atoms with Crippen LogP contribution >= 0.6 is 11.9 Å². The third-order valence-electron chi connectivity index (χ3n) is 5.98. The zero-order chi connectivity index (χ0) is 23.1. The molecule has 0 saturated heterocycles. The maximum absolute atomic E-state index is 11.0. The Kier molecular flexibility index (Phi) is 8.32. The molecule has 0 aromatic heterocycles. The van der Waals surface area contributed by atoms with Gasteiger partial charge in [-0.25, -0.2) is 0 Å². The second-order valence-corrected chi connectivity index (χ2v) is 9.39. The second kappa shape index (κ2) is 11.0. The number of nitrogens with one attached hydrogen (secondary N) is 1. The summed E-state index contributed by atoms with van der Waals surface area (Å²) in [6.45, 7) is 5.51. The summed E-state index contributed by atoms with van der Waals surface area (Å²) < 4.78 is 9.72. The van der Waals surface area contributed by atoms with Crippen molar-refractivity contribution in [3.8, 4) is 5.75 Å². The molecule has 174 valence electrons. The Morgan fingerprint density at radius 1 is 1.25 bits per heavy atom. The van der Waals surface area contributed by atoms with Gasteiger partial charge in [0.1, 0.15) is 5.75 Å². The highest BCUT2D eigenvalue weighted by atomic mass is 32.2. The number of hydrogen-bond donors (Lipinski definition) is 2. The molecule has 1 atom stereocenters. The second-order valence-electron chi connectivity index (χ2n) is 8.54. The van der Waals surface area contributed by atoms with Crippen LogP contribution in [0.25, 0.3) is 0 Å². The van der Waals surface area contributed by atoms with E-state index in [4.69, 9.17) is 9.84 Å². The molecule has 32 heavy (non-hydrogen) atoms. The van der Waals surface area contributed by atoms with Crippen LogP contribution < -0.4 is 19.3 Å². The summed E-state index contributed by atoms with van der Waals surface area (Å²) in [5.41, 5.74) is 3.22. The molecule has 0 saturated carbocycles. The van der Waals surface area contributed by atoms with Crippen LogP contribution in [0.4, 0.5) is 17.1 Å². The summed E-state index contributed by atoms with van der Waals surface area (Å²) in [6, 6.07) is 14.7. The first-order chi connectivity index (χ1) is 15.4. The van der Waals surface area contributed by atoms with Crippen molar-refractivity contribution in [2.75, 3.05) is 37.0 Å². The van der Waals surface area contributed by atoms with E-state index in [2.05, 4.69) is 53.8 Å². The van der Waals surface area contributed by atoms with Crippen molar-refractivity contribution in [1.29, 1.82) is 0 Å². The number of carbonyl (C=O) groups is 1. The van der Waals surface area contributed by atoms with Crippen molar-refractivity contribution >= 4 is 35.0 Å². The number of fused-ring (bicyclic) bond motifs is 1. The smallest absolute Gasteiger partial charge is 0.306 e. The minimum atomic E-state index is -0.860. The summed E-state index contributed by atoms with van der Waals surface area (Å²) in [6.07, 6.45) is 4.44. The zero-order valence-corrected chi connectivity index (χ0v) is 20.4. The molecule has 0 aliphatic carbocycles. The van der Waals surface area contributed by atoms with E-state index in [0.29, 0.717) is 5.75 Å². The molecule has 1 unspecified atom stereocenters. The molecule has 2 N–H and O–H groups in total. The van der Waals surface area contributed by atoms with E-state index < -0.39 is 5.97 Å². The molecule has 2 aromatic carbocycles. The maximum Gasteiger partial charge on any atom is 0.306 e. The summed E-state index contributed by atoms with van der Waals surface area (Å²) in [5.74, 6) is -0.157. The predicted octanol–water partition coefficient (Wildman–Crippen LogP) is 5.69. The van der Waals surface area contributed by atoms with Crippen molar-refractivity contribution in [2.24, 2.45) is 0 Å². The van der Waals surface area contributed by atoms with Gasteiger partial charge in [0.15, 0.2) is 0 Å². The van der Waals surface area contributed by atoms with Crippen LogP contribution in [0.3, 0.4) is 0 Å². The molecule has 0 amide bonds. The Balaban J connectivity index is 2.07. The first-order valence-electron chi connectivity index (χ1n) is 11.4. The number of nitrogens with zero attached hydrogens (tertiary/aromatic N) is 2. The molecule has 1 heterocycles. The molecule has 0 bridgehead atoms. The number of hydrogen-bond acceptors (Lipinski definition) is 6. The maximum atomic E-state index is 11.0. The number of anilines is 3. The van der Waals surface area contributed by atoms with Crippen LogP contribution in [0.5, 0.6) is 5.75 Å². The van der Waals surface area contributed by atoms with Gasteiger partial charge in [-0.1, -0.05) is 44.9 Å². The van der Waals surface area contributed by atoms with Crippen molar-refractivity contribution in [2.45, 2.75) is 56.4 Å². The molecular formula is C25H35N3O3S. The molecule has 3 rings (SSSR count). The van der Waals surface area contributed by atoms with E-state index >= 15 is 0 Å². The first-order valence-corrected chi connectivity index (χ1v) is 12.2. The molecule has 0 fully saturated rings. The normalized spacial score (nSPS) is 18.1. The Bertz CT molecular complexity index is 907. The first kappa shape index (κ1) is 24.3. The van der Waals surface area contributed by atoms with E-state index in [1.165, 1.54) is 12.8 Å². The summed E-state index contributed by atoms with van der Waals surface area (Å²) in [4.78, 5) is 16.5. The third kappa shape index (κ3) is 5.70. The number of ether oxygens (including phenoxy) is 1. The van der Waals surface area contributed by atoms with Crippen molar-refractivity contribution in [3.63, 3.8) is 0 Å². The molecule has 0 radical (unpaired) electrons. The van der Waals surface area contributed by atoms with Gasteiger partial charge in [0, 0.05) is 31.9 Å². The van der Waals surface area contributed by atoms with E-state index in [-0.39, 0.29) is 18.6 Å². The van der Waals surface area contributed by atoms with Crippen molar-refractivity contribution in [1.82, 2.24) is 4.72 Å². The standard InChI is InChI=1S/C25H35N3O3S/c1-5-7-14-25(6-2)18-28(19-11-9-8-10-12-19)21-16-20(27(3)4)22(17-23(21)32-26-25)31-15-13-24(29)30/h8-12,16-17,26H,5-7,13-15,18H2,1-4H3,(H,29,30). The molecule has 1 aliphatic rings. The summed E-state index contributed by atoms with van der Waals surface area (Å²) in [5, 5.41) is 9.00. The van der Waals surface area contributed by atoms with Gasteiger partial charge in [-0.3, -0.25) is 9.52 Å². The Hall–Kier alpha value is -2.38. The van der Waals surface area contributed by atoms with Crippen LogP contribution in [0.2, 0.25) is 0 Å². The summed E-state index contributed by atoms with van der Waals surface area (Å²) >= 11 is 1.66. The largest absolute Gasteiger partial charge is 0.491 e. The van der Waals surface area contributed by atoms with Crippen molar-refractivity contribution in [3.05, 3.63) is 42.5 Å². The predicted molar refractivity (Wildman–Crippen MR) is 134 cm³/mol. The topological polar surface area (TPSA) is 65.0 Å². The van der Waals surface area contributed by atoms with Gasteiger partial charge in [0.25, 0.3) is 0 Å². The average molecular weight is 458 g/mol. The van der Waals surface area contributed by atoms with E-state index in [1.807, 2.05) is 31.1 Å². The van der Waals surface area contributed by atoms with Gasteiger partial charge in [-0.15, -0.1) is 0 Å². The number of aliphatic carboxylic acids is 1. The average Bonchev–Trinajstić information content (AvgIpc) is 2.95. The van der Waals surface area contributed by atoms with Crippen LogP contribution in [0.15, 0.2) is 47.4 Å². The highest BCUT2D eigenvalue weighted by Crippen LogP contribution is 2.45. The molecule has 1 aliphatic heterocycles. The SMILES string of the molecule is CCCCC1(CC)CN(c2ccccc2)c2cc(N(C)C)c(OCCC(=O)O)cc2SN1. The monoisotopic (exact) mass is 457 g/mol. The lowest BCUT2D eigenvalue weighted by molar-refractivity contribution is -0.137. The number of carboxylic acid groups (broad SMARTS) is 1. The van der Waals surface area contributed by atoms with Gasteiger partial charge < -0.3 is 19.6 Å². The lowest BCUT2D eigenvalue weighted by Gasteiger charge is -2.37. The van der Waals surface area contributed by atoms with Crippen LogP contribution in [-0.4, -0.2) is 43.9 Å². The number of carboxylic acids is 1. The molecule has 2 aromatic rings. The Morgan fingerprint density at radius 2 is 2.00 bits per heavy atom. The lowest BCUT2D eigenvalue weighted by Crippen LogP contribution is -2.48. The molecular weight excluding hydrogens is 422 g/mol.